The molecular formula is C14H15NO4. The van der Waals surface area contributed by atoms with Crippen molar-refractivity contribution in [1.82, 2.24) is 0 Å². The Kier molecular flexibility index (Phi) is 4.69. The SMILES string of the molecule is CC(=O)CC(=O)c1cccc(N)c1C(=O)CC(C)=O. The lowest BCUT2D eigenvalue weighted by molar-refractivity contribution is -0.117. The van der Waals surface area contributed by atoms with Gasteiger partial charge in [-0.15, -0.1) is 0 Å². The highest BCUT2D eigenvalue weighted by Gasteiger charge is 2.21. The molecule has 0 atom stereocenters. The molecule has 100 valence electrons. The predicted molar refractivity (Wildman–Crippen MR) is 70.1 cm³/mol. The Morgan fingerprint density at radius 2 is 1.47 bits per heavy atom. The van der Waals surface area contributed by atoms with E-state index in [0.717, 1.165) is 0 Å². The summed E-state index contributed by atoms with van der Waals surface area (Å²) in [5, 5.41) is 0. The molecular weight excluding hydrogens is 246 g/mol. The Hall–Kier alpha value is -2.30. The van der Waals surface area contributed by atoms with Crippen molar-refractivity contribution in [1.29, 1.82) is 0 Å². The van der Waals surface area contributed by atoms with E-state index in [9.17, 15) is 19.2 Å². The molecule has 0 heterocycles. The second kappa shape index (κ2) is 6.04. The molecule has 0 unspecified atom stereocenters. The van der Waals surface area contributed by atoms with Crippen LogP contribution in [0.2, 0.25) is 0 Å². The number of nitrogen functional groups attached to an aromatic ring is 1. The van der Waals surface area contributed by atoms with Crippen LogP contribution in [-0.4, -0.2) is 23.1 Å². The van der Waals surface area contributed by atoms with Crippen LogP contribution in [0.3, 0.4) is 0 Å². The second-order valence-corrected chi connectivity index (χ2v) is 4.37. The summed E-state index contributed by atoms with van der Waals surface area (Å²) in [6, 6.07) is 4.46. The molecule has 0 aromatic heterocycles. The Bertz CT molecular complexity index is 561. The van der Waals surface area contributed by atoms with Gasteiger partial charge in [-0.05, 0) is 19.9 Å². The number of anilines is 1. The number of hydrogen-bond acceptors (Lipinski definition) is 5. The van der Waals surface area contributed by atoms with E-state index in [1.165, 1.54) is 32.0 Å². The first-order valence-corrected chi connectivity index (χ1v) is 5.76. The number of carbonyl (C=O) groups excluding carboxylic acids is 4. The topological polar surface area (TPSA) is 94.3 Å². The van der Waals surface area contributed by atoms with Crippen molar-refractivity contribution in [2.45, 2.75) is 26.7 Å². The Morgan fingerprint density at radius 1 is 0.947 bits per heavy atom. The Morgan fingerprint density at radius 3 is 2.00 bits per heavy atom. The van der Waals surface area contributed by atoms with Gasteiger partial charge in [-0.1, -0.05) is 12.1 Å². The maximum Gasteiger partial charge on any atom is 0.173 e. The lowest BCUT2D eigenvalue weighted by atomic mass is 9.94. The minimum Gasteiger partial charge on any atom is -0.398 e. The standard InChI is InChI=1S/C14H15NO4/c1-8(16)6-12(18)10-4-3-5-11(15)14(10)13(19)7-9(2)17/h3-5H,6-7,15H2,1-2H3. The number of ketones is 4. The van der Waals surface area contributed by atoms with E-state index in [-0.39, 0.29) is 41.2 Å². The molecule has 1 rings (SSSR count). The summed E-state index contributed by atoms with van der Waals surface area (Å²) in [5.74, 6) is -1.57. The molecule has 5 nitrogen and oxygen atoms in total. The van der Waals surface area contributed by atoms with Crippen LogP contribution >= 0.6 is 0 Å². The van der Waals surface area contributed by atoms with Crippen molar-refractivity contribution in [3.8, 4) is 0 Å². The highest BCUT2D eigenvalue weighted by Crippen LogP contribution is 2.21. The summed E-state index contributed by atoms with van der Waals surface area (Å²) < 4.78 is 0. The van der Waals surface area contributed by atoms with E-state index in [0.29, 0.717) is 0 Å². The third-order valence-electron chi connectivity index (χ3n) is 2.49. The van der Waals surface area contributed by atoms with Gasteiger partial charge in [0.25, 0.3) is 0 Å². The minimum absolute atomic E-state index is 0.0314. The fourth-order valence-corrected chi connectivity index (χ4v) is 1.75. The third kappa shape index (κ3) is 3.84. The fraction of sp³-hybridized carbons (Fsp3) is 0.286. The number of rotatable bonds is 6. The summed E-state index contributed by atoms with van der Waals surface area (Å²) in [6.07, 6.45) is -0.599. The molecule has 0 aliphatic rings. The molecule has 0 spiro atoms. The Balaban J connectivity index is 3.22. The fourth-order valence-electron chi connectivity index (χ4n) is 1.75. The Labute approximate surface area is 110 Å². The zero-order chi connectivity index (χ0) is 14.6. The summed E-state index contributed by atoms with van der Waals surface area (Å²) >= 11 is 0. The third-order valence-corrected chi connectivity index (χ3v) is 2.49. The molecule has 0 bridgehead atoms. The molecule has 0 fully saturated rings. The largest absolute Gasteiger partial charge is 0.398 e. The zero-order valence-electron chi connectivity index (χ0n) is 10.9. The maximum absolute atomic E-state index is 11.9. The van der Waals surface area contributed by atoms with Gasteiger partial charge in [0.15, 0.2) is 11.6 Å². The smallest absolute Gasteiger partial charge is 0.173 e. The van der Waals surface area contributed by atoms with E-state index in [2.05, 4.69) is 0 Å². The van der Waals surface area contributed by atoms with E-state index in [1.54, 1.807) is 0 Å². The lowest BCUT2D eigenvalue weighted by Gasteiger charge is -2.09. The van der Waals surface area contributed by atoms with Gasteiger partial charge in [0.05, 0.1) is 18.4 Å². The first-order chi connectivity index (χ1) is 8.82. The van der Waals surface area contributed by atoms with Crippen molar-refractivity contribution >= 4 is 28.8 Å². The van der Waals surface area contributed by atoms with Crippen LogP contribution in [0.5, 0.6) is 0 Å². The first kappa shape index (κ1) is 14.8. The van der Waals surface area contributed by atoms with E-state index >= 15 is 0 Å². The molecule has 0 saturated carbocycles. The van der Waals surface area contributed by atoms with Crippen molar-refractivity contribution in [3.05, 3.63) is 29.3 Å². The monoisotopic (exact) mass is 261 g/mol. The summed E-state index contributed by atoms with van der Waals surface area (Å²) in [4.78, 5) is 45.8. The molecule has 2 N–H and O–H groups in total. The van der Waals surface area contributed by atoms with Crippen LogP contribution in [0.25, 0.3) is 0 Å². The van der Waals surface area contributed by atoms with Crippen LogP contribution in [0.4, 0.5) is 5.69 Å². The summed E-state index contributed by atoms with van der Waals surface area (Å²) in [5.41, 5.74) is 5.97. The zero-order valence-corrected chi connectivity index (χ0v) is 10.9. The van der Waals surface area contributed by atoms with Gasteiger partial charge in [0.1, 0.15) is 11.6 Å². The van der Waals surface area contributed by atoms with E-state index in [1.807, 2.05) is 0 Å². The number of Topliss-reactive ketones (excluding diaryl/α,β-unsaturated/α-hetero) is 4. The van der Waals surface area contributed by atoms with Crippen LogP contribution < -0.4 is 5.73 Å². The normalized spacial score (nSPS) is 10.0. The second-order valence-electron chi connectivity index (χ2n) is 4.37. The van der Waals surface area contributed by atoms with E-state index < -0.39 is 11.6 Å². The van der Waals surface area contributed by atoms with Crippen LogP contribution in [0, 0.1) is 0 Å². The predicted octanol–water partition coefficient (Wildman–Crippen LogP) is 1.59. The molecule has 0 aliphatic carbocycles. The number of carbonyl (C=O) groups is 4. The van der Waals surface area contributed by atoms with Gasteiger partial charge in [-0.25, -0.2) is 0 Å². The number of nitrogens with two attached hydrogens (primary N) is 1. The number of benzene rings is 1. The van der Waals surface area contributed by atoms with Crippen molar-refractivity contribution in [3.63, 3.8) is 0 Å². The summed E-state index contributed by atoms with van der Waals surface area (Å²) in [7, 11) is 0. The number of hydrogen-bond donors (Lipinski definition) is 1. The van der Waals surface area contributed by atoms with Gasteiger partial charge in [0.2, 0.25) is 0 Å². The van der Waals surface area contributed by atoms with Crippen molar-refractivity contribution < 1.29 is 19.2 Å². The molecule has 0 aliphatic heterocycles. The minimum atomic E-state index is -0.502. The molecule has 0 amide bonds. The van der Waals surface area contributed by atoms with E-state index in [4.69, 9.17) is 5.73 Å². The highest BCUT2D eigenvalue weighted by molar-refractivity contribution is 6.18. The van der Waals surface area contributed by atoms with Gasteiger partial charge >= 0.3 is 0 Å². The molecule has 0 saturated heterocycles. The quantitative estimate of drug-likeness (QED) is 0.476. The molecule has 0 radical (unpaired) electrons. The molecule has 1 aromatic carbocycles. The lowest BCUT2D eigenvalue weighted by Crippen LogP contribution is -2.15. The van der Waals surface area contributed by atoms with Gasteiger partial charge < -0.3 is 5.73 Å². The average Bonchev–Trinajstić information content (AvgIpc) is 2.26. The summed E-state index contributed by atoms with van der Waals surface area (Å²) in [6.45, 7) is 2.58. The first-order valence-electron chi connectivity index (χ1n) is 5.76. The van der Waals surface area contributed by atoms with Crippen LogP contribution in [0.15, 0.2) is 18.2 Å². The van der Waals surface area contributed by atoms with Gasteiger partial charge in [0, 0.05) is 11.3 Å². The van der Waals surface area contributed by atoms with Crippen molar-refractivity contribution in [2.24, 2.45) is 0 Å². The van der Waals surface area contributed by atoms with Crippen LogP contribution in [-0.2, 0) is 9.59 Å². The van der Waals surface area contributed by atoms with Crippen LogP contribution in [0.1, 0.15) is 47.4 Å². The van der Waals surface area contributed by atoms with Gasteiger partial charge in [-0.3, -0.25) is 19.2 Å². The highest BCUT2D eigenvalue weighted by atomic mass is 16.2. The van der Waals surface area contributed by atoms with Crippen molar-refractivity contribution in [2.75, 3.05) is 5.73 Å². The molecule has 1 aromatic rings. The molecule has 19 heavy (non-hydrogen) atoms. The average molecular weight is 261 g/mol. The molecule has 5 heteroatoms. The van der Waals surface area contributed by atoms with Gasteiger partial charge in [-0.2, -0.15) is 0 Å². The maximum atomic E-state index is 11.9.